The van der Waals surface area contributed by atoms with E-state index in [1.54, 1.807) is 0 Å². The Morgan fingerprint density at radius 1 is 0.667 bits per heavy atom. The van der Waals surface area contributed by atoms with Crippen LogP contribution in [0, 0.1) is 0 Å². The van der Waals surface area contributed by atoms with Gasteiger partial charge in [-0.1, -0.05) is 100 Å². The predicted molar refractivity (Wildman–Crippen MR) is 190 cm³/mol. The maximum Gasteiger partial charge on any atom is 0.258 e. The van der Waals surface area contributed by atoms with Gasteiger partial charge in [0.25, 0.3) is 6.71 Å². The molecule has 45 heavy (non-hydrogen) atoms. The summed E-state index contributed by atoms with van der Waals surface area (Å²) in [6, 6.07) is 21.4. The van der Waals surface area contributed by atoms with Crippen LogP contribution < -0.4 is 26.0 Å². The minimum absolute atomic E-state index is 0.0333. The third-order valence-electron chi connectivity index (χ3n) is 11.5. The Morgan fingerprint density at radius 2 is 1.29 bits per heavy atom. The van der Waals surface area contributed by atoms with Gasteiger partial charge in [0.15, 0.2) is 0 Å². The van der Waals surface area contributed by atoms with Crippen molar-refractivity contribution in [1.82, 2.24) is 4.98 Å². The van der Waals surface area contributed by atoms with Crippen LogP contribution in [-0.2, 0) is 27.1 Å². The Kier molecular flexibility index (Phi) is 5.55. The van der Waals surface area contributed by atoms with Crippen LogP contribution in [0.25, 0.3) is 0 Å². The third kappa shape index (κ3) is 3.99. The lowest BCUT2D eigenvalue weighted by molar-refractivity contribution is 0.403. The molecule has 0 unspecified atom stereocenters. The molecule has 8 rings (SSSR count). The minimum atomic E-state index is 0.0333. The average molecular weight is 595 g/mol. The van der Waals surface area contributed by atoms with Crippen molar-refractivity contribution < 1.29 is 4.74 Å². The molecular formula is C41H47BN2O. The second-order valence-corrected chi connectivity index (χ2v) is 18.0. The van der Waals surface area contributed by atoms with Crippen LogP contribution >= 0.6 is 0 Å². The van der Waals surface area contributed by atoms with Crippen LogP contribution in [0.3, 0.4) is 0 Å². The summed E-state index contributed by atoms with van der Waals surface area (Å²) < 4.78 is 6.65. The van der Waals surface area contributed by atoms with Crippen molar-refractivity contribution >= 4 is 40.2 Å². The lowest BCUT2D eigenvalue weighted by Crippen LogP contribution is -2.60. The second kappa shape index (κ2) is 8.63. The van der Waals surface area contributed by atoms with E-state index >= 15 is 0 Å². The van der Waals surface area contributed by atoms with E-state index in [1.165, 1.54) is 61.3 Å². The van der Waals surface area contributed by atoms with Gasteiger partial charge in [-0.05, 0) is 109 Å². The number of nitrogens with zero attached hydrogens (tertiary/aromatic N) is 2. The number of benzene rings is 3. The van der Waals surface area contributed by atoms with E-state index in [2.05, 4.69) is 136 Å². The number of hydrogen-bond acceptors (Lipinski definition) is 3. The van der Waals surface area contributed by atoms with Crippen molar-refractivity contribution in [2.75, 3.05) is 4.90 Å². The highest BCUT2D eigenvalue weighted by molar-refractivity contribution is 6.99. The summed E-state index contributed by atoms with van der Waals surface area (Å²) in [6.07, 6.45) is 4.22. The number of aromatic nitrogens is 1. The number of fused-ring (bicyclic) bond motifs is 6. The van der Waals surface area contributed by atoms with Gasteiger partial charge >= 0.3 is 0 Å². The molecule has 0 spiro atoms. The smallest absolute Gasteiger partial charge is 0.258 e. The number of anilines is 3. The lowest BCUT2D eigenvalue weighted by atomic mass is 9.34. The first-order valence-electron chi connectivity index (χ1n) is 16.8. The zero-order chi connectivity index (χ0) is 32.1. The van der Waals surface area contributed by atoms with Crippen molar-refractivity contribution in [3.05, 3.63) is 88.6 Å². The fourth-order valence-electron chi connectivity index (χ4n) is 9.88. The Balaban J connectivity index is 1.44. The zero-order valence-corrected chi connectivity index (χ0v) is 29.1. The molecule has 3 heterocycles. The highest BCUT2D eigenvalue weighted by Crippen LogP contribution is 2.54. The maximum absolute atomic E-state index is 6.65. The molecule has 0 saturated carbocycles. The molecule has 230 valence electrons. The highest BCUT2D eigenvalue weighted by Gasteiger charge is 2.48. The Labute approximate surface area is 270 Å². The monoisotopic (exact) mass is 594 g/mol. The first-order valence-corrected chi connectivity index (χ1v) is 16.8. The topological polar surface area (TPSA) is 25.4 Å². The normalized spacial score (nSPS) is 20.5. The second-order valence-electron chi connectivity index (χ2n) is 18.0. The summed E-state index contributed by atoms with van der Waals surface area (Å²) in [5.74, 6) is 1.65. The van der Waals surface area contributed by atoms with Gasteiger partial charge in [0.1, 0.15) is 5.75 Å². The van der Waals surface area contributed by atoms with Crippen LogP contribution in [-0.4, -0.2) is 11.7 Å². The van der Waals surface area contributed by atoms with Gasteiger partial charge in [0.05, 0.1) is 0 Å². The van der Waals surface area contributed by atoms with Gasteiger partial charge in [0, 0.05) is 28.7 Å². The molecule has 0 fully saturated rings. The molecule has 0 amide bonds. The fraction of sp³-hybridized carbons (Fsp3) is 0.439. The van der Waals surface area contributed by atoms with Crippen molar-refractivity contribution in [2.45, 2.75) is 116 Å². The Morgan fingerprint density at radius 3 is 1.96 bits per heavy atom. The third-order valence-corrected chi connectivity index (χ3v) is 11.5. The summed E-state index contributed by atoms with van der Waals surface area (Å²) in [4.78, 5) is 7.38. The van der Waals surface area contributed by atoms with Crippen molar-refractivity contribution in [3.63, 3.8) is 0 Å². The first kappa shape index (κ1) is 28.9. The van der Waals surface area contributed by atoms with Gasteiger partial charge in [-0.15, -0.1) is 0 Å². The van der Waals surface area contributed by atoms with E-state index in [9.17, 15) is 0 Å². The number of pyridine rings is 1. The largest absolute Gasteiger partial charge is 0.440 e. The maximum atomic E-state index is 6.65. The Hall–Kier alpha value is -3.53. The quantitative estimate of drug-likeness (QED) is 0.178. The van der Waals surface area contributed by atoms with E-state index < -0.39 is 0 Å². The van der Waals surface area contributed by atoms with E-state index in [0.717, 1.165) is 24.5 Å². The molecule has 2 aliphatic carbocycles. The highest BCUT2D eigenvalue weighted by atomic mass is 16.5. The molecule has 3 nitrogen and oxygen atoms in total. The van der Waals surface area contributed by atoms with E-state index in [1.807, 2.05) is 6.20 Å². The van der Waals surface area contributed by atoms with Crippen LogP contribution in [0.15, 0.2) is 60.8 Å². The summed E-state index contributed by atoms with van der Waals surface area (Å²) in [5, 5.41) is 0. The van der Waals surface area contributed by atoms with Crippen LogP contribution in [0.1, 0.15) is 117 Å². The van der Waals surface area contributed by atoms with Crippen LogP contribution in [0.5, 0.6) is 11.6 Å². The van der Waals surface area contributed by atoms with E-state index in [4.69, 9.17) is 9.72 Å². The summed E-state index contributed by atoms with van der Waals surface area (Å²) in [6.45, 7) is 26.3. The molecule has 2 aliphatic heterocycles. The van der Waals surface area contributed by atoms with Crippen molar-refractivity contribution in [1.29, 1.82) is 0 Å². The summed E-state index contributed by atoms with van der Waals surface area (Å²) in [5.41, 5.74) is 15.2. The molecular weight excluding hydrogens is 547 g/mol. The molecule has 0 atom stereocenters. The van der Waals surface area contributed by atoms with E-state index in [0.29, 0.717) is 0 Å². The molecule has 3 aromatic carbocycles. The van der Waals surface area contributed by atoms with Crippen molar-refractivity contribution in [3.8, 4) is 11.6 Å². The number of ether oxygens (including phenoxy) is 1. The molecule has 4 aromatic rings. The van der Waals surface area contributed by atoms with Gasteiger partial charge in [0.2, 0.25) is 5.88 Å². The minimum Gasteiger partial charge on any atom is -0.440 e. The van der Waals surface area contributed by atoms with Gasteiger partial charge in [-0.3, -0.25) is 0 Å². The zero-order valence-electron chi connectivity index (χ0n) is 29.1. The van der Waals surface area contributed by atoms with Crippen molar-refractivity contribution in [2.24, 2.45) is 0 Å². The SMILES string of the molecule is CC(C)(C)c1ccc2c(c1)B1c3cc4c(cc3N(c3ccc5c(c3)C(C)(C)CC5(C)C)c3ccnc(c31)O2)C(C)(C)CC4(C)C. The van der Waals surface area contributed by atoms with Crippen LogP contribution in [0.2, 0.25) is 0 Å². The van der Waals surface area contributed by atoms with E-state index in [-0.39, 0.29) is 33.8 Å². The molecule has 4 aliphatic rings. The Bertz CT molecular complexity index is 1940. The standard InChI is InChI=1S/C41H47BN2O/c1-37(2,3)24-12-15-34-31(18-24)42-30-20-28-29(41(10,11)23-40(28,8)9)21-33(30)44(32-16-17-43-36(45-34)35(32)42)25-13-14-26-27(19-25)39(6,7)22-38(26,4)5/h12-21H,22-23H2,1-11H3. The number of rotatable bonds is 1. The predicted octanol–water partition coefficient (Wildman–Crippen LogP) is 8.70. The molecule has 0 bridgehead atoms. The molecule has 1 aromatic heterocycles. The van der Waals surface area contributed by atoms with Crippen LogP contribution in [0.4, 0.5) is 17.1 Å². The molecule has 0 radical (unpaired) electrons. The average Bonchev–Trinajstić information content (AvgIpc) is 3.25. The van der Waals surface area contributed by atoms with Gasteiger partial charge in [-0.25, -0.2) is 4.98 Å². The molecule has 0 N–H and O–H groups in total. The first-order chi connectivity index (χ1) is 20.9. The van der Waals surface area contributed by atoms with Gasteiger partial charge < -0.3 is 9.64 Å². The summed E-state index contributed by atoms with van der Waals surface area (Å²) in [7, 11) is 0. The van der Waals surface area contributed by atoms with Gasteiger partial charge in [-0.2, -0.15) is 0 Å². The molecule has 0 saturated heterocycles. The fourth-order valence-corrected chi connectivity index (χ4v) is 9.88. The lowest BCUT2D eigenvalue weighted by Gasteiger charge is -2.41. The summed E-state index contributed by atoms with van der Waals surface area (Å²) >= 11 is 0. The number of hydrogen-bond donors (Lipinski definition) is 0. The molecule has 4 heteroatoms.